The summed E-state index contributed by atoms with van der Waals surface area (Å²) in [7, 11) is 1.69. The SMILES string of the molecule is CC[C@@H](C)C(=O)N[C@H](C(=O)N1CCCC1C(=O)N[C@H]1c2ccccc2C[C@H]1OCC#CC#CCO[C@H]1Cc2ccccc2[C@@H]1NC(=O)[C@@H]1CCCN1C(=O)[C@@H](NC(=O)[C@H](C)NC)C(C)(C)C)C(C)(C)C. The largest absolute Gasteiger partial charge is 0.363 e. The van der Waals surface area contributed by atoms with Gasteiger partial charge in [0.1, 0.15) is 37.4 Å². The molecular weight excluding hydrogens is 887 g/mol. The minimum absolute atomic E-state index is 0.0695. The first-order chi connectivity index (χ1) is 33.2. The monoisotopic (exact) mass is 962 g/mol. The van der Waals surface area contributed by atoms with Crippen LogP contribution in [0, 0.1) is 40.4 Å². The van der Waals surface area contributed by atoms with Crippen LogP contribution in [-0.4, -0.2) is 121 Å². The summed E-state index contributed by atoms with van der Waals surface area (Å²) >= 11 is 0. The van der Waals surface area contributed by atoms with Gasteiger partial charge in [0.05, 0.1) is 30.3 Å². The lowest BCUT2D eigenvalue weighted by molar-refractivity contribution is -0.144. The van der Waals surface area contributed by atoms with Crippen LogP contribution in [0.3, 0.4) is 0 Å². The summed E-state index contributed by atoms with van der Waals surface area (Å²) in [5, 5.41) is 15.3. The number of ether oxygens (including phenoxy) is 2. The maximum atomic E-state index is 14.1. The molecule has 70 heavy (non-hydrogen) atoms. The van der Waals surface area contributed by atoms with E-state index in [0.29, 0.717) is 58.0 Å². The van der Waals surface area contributed by atoms with Crippen LogP contribution in [0.15, 0.2) is 48.5 Å². The molecule has 6 rings (SSSR count). The molecule has 0 aromatic heterocycles. The number of nitrogens with one attached hydrogen (secondary N) is 5. The highest BCUT2D eigenvalue weighted by Crippen LogP contribution is 2.36. The van der Waals surface area contributed by atoms with Crippen LogP contribution in [0.25, 0.3) is 0 Å². The fourth-order valence-electron chi connectivity index (χ4n) is 9.83. The van der Waals surface area contributed by atoms with Crippen LogP contribution in [0.4, 0.5) is 0 Å². The molecule has 0 radical (unpaired) electrons. The quantitative estimate of drug-likeness (QED) is 0.153. The lowest BCUT2D eigenvalue weighted by Gasteiger charge is -2.36. The molecule has 6 amide bonds. The summed E-state index contributed by atoms with van der Waals surface area (Å²) in [5.41, 5.74) is 2.89. The van der Waals surface area contributed by atoms with Gasteiger partial charge in [-0.2, -0.15) is 0 Å². The van der Waals surface area contributed by atoms with E-state index in [1.807, 2.05) is 104 Å². The number of likely N-dealkylation sites (N-methyl/N-ethyl adjacent to an activating group) is 1. The Labute approximate surface area is 415 Å². The Morgan fingerprint density at radius 1 is 0.657 bits per heavy atom. The molecule has 2 heterocycles. The van der Waals surface area contributed by atoms with Gasteiger partial charge in [-0.15, -0.1) is 0 Å². The summed E-state index contributed by atoms with van der Waals surface area (Å²) < 4.78 is 12.6. The van der Waals surface area contributed by atoms with E-state index in [4.69, 9.17) is 9.47 Å². The van der Waals surface area contributed by atoms with Crippen LogP contribution in [0.5, 0.6) is 0 Å². The van der Waals surface area contributed by atoms with E-state index in [1.165, 1.54) is 0 Å². The predicted octanol–water partition coefficient (Wildman–Crippen LogP) is 4.29. The maximum Gasteiger partial charge on any atom is 0.246 e. The molecule has 0 spiro atoms. The number of fused-ring (bicyclic) bond motifs is 2. The van der Waals surface area contributed by atoms with Crippen molar-refractivity contribution in [1.29, 1.82) is 0 Å². The zero-order chi connectivity index (χ0) is 50.9. The van der Waals surface area contributed by atoms with Gasteiger partial charge in [0.2, 0.25) is 35.4 Å². The average Bonchev–Trinajstić information content (AvgIpc) is 4.15. The smallest absolute Gasteiger partial charge is 0.246 e. The fraction of sp³-hybridized carbons (Fsp3) is 0.600. The number of amides is 6. The fourth-order valence-corrected chi connectivity index (χ4v) is 9.83. The molecule has 15 heteroatoms. The van der Waals surface area contributed by atoms with Crippen molar-refractivity contribution in [2.45, 2.75) is 162 Å². The normalized spacial score (nSPS) is 23.3. The Kier molecular flexibility index (Phi) is 18.0. The second-order valence-electron chi connectivity index (χ2n) is 21.4. The summed E-state index contributed by atoms with van der Waals surface area (Å²) in [6.07, 6.45) is 3.37. The van der Waals surface area contributed by atoms with E-state index in [1.54, 1.807) is 23.8 Å². The number of hydrogen-bond donors (Lipinski definition) is 5. The summed E-state index contributed by atoms with van der Waals surface area (Å²) in [6.45, 7) is 18.0. The average molecular weight is 962 g/mol. The van der Waals surface area contributed by atoms with Crippen molar-refractivity contribution in [2.24, 2.45) is 16.7 Å². The highest BCUT2D eigenvalue weighted by molar-refractivity contribution is 5.95. The molecule has 2 aromatic carbocycles. The Hall–Kier alpha value is -5.74. The molecular formula is C55H75N7O8. The zero-order valence-corrected chi connectivity index (χ0v) is 42.8. The van der Waals surface area contributed by atoms with Crippen molar-refractivity contribution in [3.05, 3.63) is 70.8 Å². The molecule has 2 aliphatic heterocycles. The highest BCUT2D eigenvalue weighted by atomic mass is 16.5. The Bertz CT molecular complexity index is 2200. The van der Waals surface area contributed by atoms with Crippen molar-refractivity contribution in [2.75, 3.05) is 33.4 Å². The van der Waals surface area contributed by atoms with Crippen molar-refractivity contribution < 1.29 is 38.2 Å². The molecule has 2 aliphatic carbocycles. The minimum Gasteiger partial charge on any atom is -0.363 e. The predicted molar refractivity (Wildman–Crippen MR) is 267 cm³/mol. The number of carbonyl (C=O) groups excluding carboxylic acids is 6. The first-order valence-electron chi connectivity index (χ1n) is 25.1. The Balaban J connectivity index is 1.05. The molecule has 378 valence electrons. The Morgan fingerprint density at radius 2 is 1.07 bits per heavy atom. The van der Waals surface area contributed by atoms with Gasteiger partial charge in [-0.1, -0.05) is 116 Å². The van der Waals surface area contributed by atoms with E-state index < -0.39 is 65.3 Å². The van der Waals surface area contributed by atoms with Gasteiger partial charge in [-0.25, -0.2) is 0 Å². The third kappa shape index (κ3) is 12.8. The van der Waals surface area contributed by atoms with Crippen LogP contribution in [0.1, 0.15) is 129 Å². The van der Waals surface area contributed by atoms with Crippen molar-refractivity contribution in [3.8, 4) is 23.7 Å². The number of hydrogen-bond acceptors (Lipinski definition) is 9. The number of likely N-dealkylation sites (tertiary alicyclic amines) is 2. The Morgan fingerprint density at radius 3 is 1.47 bits per heavy atom. The van der Waals surface area contributed by atoms with Gasteiger partial charge >= 0.3 is 0 Å². The molecule has 2 saturated heterocycles. The first-order valence-corrected chi connectivity index (χ1v) is 25.1. The van der Waals surface area contributed by atoms with E-state index in [2.05, 4.69) is 50.3 Å². The number of rotatable bonds is 16. The van der Waals surface area contributed by atoms with E-state index in [-0.39, 0.29) is 54.6 Å². The summed E-state index contributed by atoms with van der Waals surface area (Å²) in [5.74, 6) is 9.94. The van der Waals surface area contributed by atoms with Gasteiger partial charge in [0.25, 0.3) is 0 Å². The number of carbonyl (C=O) groups is 6. The van der Waals surface area contributed by atoms with E-state index in [0.717, 1.165) is 22.3 Å². The molecule has 1 unspecified atom stereocenters. The molecule has 5 N–H and O–H groups in total. The standard InChI is InChI=1S/C55H75N7O8/c1-11-34(2)48(63)59-46(54(4,5)6)52(67)61-28-20-26-40(61)50(65)57-44-38-24-16-14-22-36(38)32-42(44)69-30-18-12-13-19-31-70-43-33-37-23-15-17-25-39(37)45(43)58-51(66)41-27-21-29-62(41)53(68)47(55(7,8)9)60-49(64)35(3)56-10/h14-17,22-25,34-35,40-47,56H,11,20-21,26-33H2,1-10H3,(H,57,65)(H,58,66)(H,59,63)(H,60,64)/t34-,35+,40?,41+,42-,43+,44+,45+,46-,47-/m1/s1. The first kappa shape index (κ1) is 53.6. The molecule has 0 saturated carbocycles. The third-order valence-corrected chi connectivity index (χ3v) is 14.3. The maximum absolute atomic E-state index is 14.1. The molecule has 2 fully saturated rings. The van der Waals surface area contributed by atoms with Crippen LogP contribution in [0.2, 0.25) is 0 Å². The van der Waals surface area contributed by atoms with Gasteiger partial charge in [0.15, 0.2) is 0 Å². The van der Waals surface area contributed by atoms with Crippen molar-refractivity contribution >= 4 is 35.4 Å². The lowest BCUT2D eigenvalue weighted by Crippen LogP contribution is -2.59. The summed E-state index contributed by atoms with van der Waals surface area (Å²) in [6, 6.07) is 11.4. The second-order valence-corrected chi connectivity index (χ2v) is 21.4. The van der Waals surface area contributed by atoms with Gasteiger partial charge in [-0.05, 0) is 91.0 Å². The van der Waals surface area contributed by atoms with Crippen molar-refractivity contribution in [3.63, 3.8) is 0 Å². The number of benzene rings is 2. The van der Waals surface area contributed by atoms with Crippen LogP contribution in [-0.2, 0) is 51.1 Å². The topological polar surface area (TPSA) is 188 Å². The van der Waals surface area contributed by atoms with E-state index in [9.17, 15) is 28.8 Å². The zero-order valence-electron chi connectivity index (χ0n) is 42.8. The molecule has 15 nitrogen and oxygen atoms in total. The van der Waals surface area contributed by atoms with Crippen LogP contribution < -0.4 is 26.6 Å². The summed E-state index contributed by atoms with van der Waals surface area (Å²) in [4.78, 5) is 85.4. The van der Waals surface area contributed by atoms with Gasteiger partial charge < -0.3 is 45.9 Å². The molecule has 4 aliphatic rings. The second kappa shape index (κ2) is 23.4. The molecule has 2 aromatic rings. The third-order valence-electron chi connectivity index (χ3n) is 14.3. The van der Waals surface area contributed by atoms with Gasteiger partial charge in [0, 0.05) is 31.8 Å². The minimum atomic E-state index is -0.817. The van der Waals surface area contributed by atoms with Gasteiger partial charge in [-0.3, -0.25) is 28.8 Å². The number of nitrogens with zero attached hydrogens (tertiary/aromatic N) is 2. The highest BCUT2D eigenvalue weighted by Gasteiger charge is 2.46. The molecule has 0 bridgehead atoms. The lowest BCUT2D eigenvalue weighted by atomic mass is 9.85. The molecule has 10 atom stereocenters. The van der Waals surface area contributed by atoms with Crippen LogP contribution >= 0.6 is 0 Å². The van der Waals surface area contributed by atoms with Crippen molar-refractivity contribution in [1.82, 2.24) is 36.4 Å². The van der Waals surface area contributed by atoms with E-state index >= 15 is 0 Å².